The van der Waals surface area contributed by atoms with E-state index in [9.17, 15) is 24.0 Å². The van der Waals surface area contributed by atoms with Crippen molar-refractivity contribution >= 4 is 29.5 Å². The molecule has 2 heterocycles. The first-order valence-electron chi connectivity index (χ1n) is 21.8. The number of unbranched alkanes of at least 4 members (excludes halogenated alkanes) is 3. The lowest BCUT2D eigenvalue weighted by Gasteiger charge is -2.34. The summed E-state index contributed by atoms with van der Waals surface area (Å²) in [6, 6.07) is 17.9. The fourth-order valence-corrected chi connectivity index (χ4v) is 8.31. The lowest BCUT2D eigenvalue weighted by Crippen LogP contribution is -2.52. The number of carbonyl (C=O) groups excluding carboxylic acids is 5. The zero-order valence-electron chi connectivity index (χ0n) is 36.1. The summed E-state index contributed by atoms with van der Waals surface area (Å²) in [6.45, 7) is 11.7. The van der Waals surface area contributed by atoms with Crippen molar-refractivity contribution < 1.29 is 24.0 Å². The summed E-state index contributed by atoms with van der Waals surface area (Å²) in [6.07, 6.45) is 8.36. The lowest BCUT2D eigenvalue weighted by molar-refractivity contribution is -0.138. The zero-order valence-corrected chi connectivity index (χ0v) is 36.1. The molecule has 4 rings (SSSR count). The molecule has 6 unspecified atom stereocenters. The minimum atomic E-state index is -0.683. The van der Waals surface area contributed by atoms with E-state index < -0.39 is 6.04 Å². The van der Waals surface area contributed by atoms with Gasteiger partial charge >= 0.3 is 0 Å². The number of nitrogens with one attached hydrogen (secondary N) is 6. The lowest BCUT2D eigenvalue weighted by atomic mass is 10.0. The molecule has 2 aromatic rings. The molecule has 7 atom stereocenters. The Hall–Kier alpha value is -4.75. The van der Waals surface area contributed by atoms with Gasteiger partial charge in [-0.15, -0.1) is 0 Å². The number of benzene rings is 2. The number of nitrogens with zero attached hydrogens (tertiary/aromatic N) is 2. The number of likely N-dealkylation sites (N-methyl/N-ethyl adjacent to an activating group) is 2. The minimum absolute atomic E-state index is 0.00151. The van der Waals surface area contributed by atoms with Gasteiger partial charge in [-0.2, -0.15) is 0 Å². The summed E-state index contributed by atoms with van der Waals surface area (Å²) in [5.41, 5.74) is 2.91. The number of likely N-dealkylation sites (tertiary alicyclic amines) is 2. The van der Waals surface area contributed by atoms with E-state index in [0.29, 0.717) is 25.8 Å². The molecule has 0 bridgehead atoms. The van der Waals surface area contributed by atoms with Crippen molar-refractivity contribution in [3.8, 4) is 0 Å². The Bertz CT molecular complexity index is 1660. The average Bonchev–Trinajstić information content (AvgIpc) is 3.90. The molecule has 0 aromatic heterocycles. The summed E-state index contributed by atoms with van der Waals surface area (Å²) in [5, 5.41) is 18.3. The molecule has 0 aliphatic carbocycles. The highest BCUT2D eigenvalue weighted by atomic mass is 16.2. The summed E-state index contributed by atoms with van der Waals surface area (Å²) in [7, 11) is 3.45. The Morgan fingerprint density at radius 2 is 1.14 bits per heavy atom. The van der Waals surface area contributed by atoms with Gasteiger partial charge in [0, 0.05) is 43.7 Å². The van der Waals surface area contributed by atoms with Crippen molar-refractivity contribution in [3.63, 3.8) is 0 Å². The molecular formula is C46H70N8O5. The molecule has 0 radical (unpaired) electrons. The molecule has 324 valence electrons. The predicted octanol–water partition coefficient (Wildman–Crippen LogP) is 4.63. The van der Waals surface area contributed by atoms with Gasteiger partial charge in [0.05, 0.1) is 30.7 Å². The monoisotopic (exact) mass is 815 g/mol. The van der Waals surface area contributed by atoms with Crippen molar-refractivity contribution in [1.82, 2.24) is 41.7 Å². The second-order valence-electron chi connectivity index (χ2n) is 16.3. The average molecular weight is 815 g/mol. The van der Waals surface area contributed by atoms with E-state index in [1.807, 2.05) is 81.4 Å². The normalized spacial score (nSPS) is 18.9. The topological polar surface area (TPSA) is 164 Å². The molecule has 2 aliphatic rings. The maximum absolute atomic E-state index is 14.0. The molecule has 2 aromatic carbocycles. The van der Waals surface area contributed by atoms with Gasteiger partial charge in [-0.05, 0) is 84.5 Å². The van der Waals surface area contributed by atoms with E-state index in [1.165, 1.54) is 0 Å². The Balaban J connectivity index is 1.30. The first-order valence-corrected chi connectivity index (χ1v) is 21.8. The minimum Gasteiger partial charge on any atom is -0.370 e. The van der Waals surface area contributed by atoms with E-state index in [4.69, 9.17) is 0 Å². The van der Waals surface area contributed by atoms with E-state index in [-0.39, 0.29) is 78.8 Å². The maximum atomic E-state index is 14.0. The van der Waals surface area contributed by atoms with Gasteiger partial charge in [0.25, 0.3) is 0 Å². The van der Waals surface area contributed by atoms with Crippen molar-refractivity contribution in [2.45, 2.75) is 140 Å². The van der Waals surface area contributed by atoms with Crippen molar-refractivity contribution in [2.75, 3.05) is 33.7 Å². The third-order valence-corrected chi connectivity index (χ3v) is 11.9. The van der Waals surface area contributed by atoms with E-state index in [1.54, 1.807) is 19.0 Å². The zero-order chi connectivity index (χ0) is 42.7. The van der Waals surface area contributed by atoms with Crippen LogP contribution in [0, 0.1) is 0 Å². The van der Waals surface area contributed by atoms with Crippen LogP contribution in [0.3, 0.4) is 0 Å². The molecule has 13 nitrogen and oxygen atoms in total. The molecule has 2 aliphatic heterocycles. The van der Waals surface area contributed by atoms with Gasteiger partial charge in [-0.1, -0.05) is 92.9 Å². The number of carbonyl (C=O) groups is 5. The summed E-state index contributed by atoms with van der Waals surface area (Å²) in [5.74, 6) is -0.590. The van der Waals surface area contributed by atoms with Gasteiger partial charge in [0.2, 0.25) is 29.5 Å². The van der Waals surface area contributed by atoms with Gasteiger partial charge in [-0.25, -0.2) is 0 Å². The third-order valence-electron chi connectivity index (χ3n) is 11.9. The number of hydrogen-bond donors (Lipinski definition) is 6. The Morgan fingerprint density at radius 1 is 0.644 bits per heavy atom. The SMILES string of the molecule is C=C(C(CCCCCCC(NC(=O)CNC)C(=O)N1CCCC1CC(=O)NC(C)c1ccccc1)NC(=O)[C@H](C)NC)N1CCCC1CC(=O)NC(C)c1ccccc1. The van der Waals surface area contributed by atoms with E-state index in [2.05, 4.69) is 43.4 Å². The fraction of sp³-hybridized carbons (Fsp3) is 0.587. The summed E-state index contributed by atoms with van der Waals surface area (Å²) in [4.78, 5) is 70.1. The predicted molar refractivity (Wildman–Crippen MR) is 233 cm³/mol. The van der Waals surface area contributed by atoms with Crippen LogP contribution < -0.4 is 31.9 Å². The number of hydrogen-bond acceptors (Lipinski definition) is 8. The van der Waals surface area contributed by atoms with E-state index >= 15 is 0 Å². The summed E-state index contributed by atoms with van der Waals surface area (Å²) >= 11 is 0. The van der Waals surface area contributed by atoms with Crippen molar-refractivity contribution in [1.29, 1.82) is 0 Å². The van der Waals surface area contributed by atoms with Crippen LogP contribution >= 0.6 is 0 Å². The molecule has 59 heavy (non-hydrogen) atoms. The van der Waals surface area contributed by atoms with Crippen LogP contribution in [0.15, 0.2) is 72.9 Å². The van der Waals surface area contributed by atoms with Crippen LogP contribution in [0.25, 0.3) is 0 Å². The Kier molecular flexibility index (Phi) is 19.4. The second-order valence-corrected chi connectivity index (χ2v) is 16.3. The van der Waals surface area contributed by atoms with Crippen LogP contribution in [0.2, 0.25) is 0 Å². The quantitative estimate of drug-likeness (QED) is 0.0837. The molecule has 0 spiro atoms. The van der Waals surface area contributed by atoms with Crippen molar-refractivity contribution in [3.05, 3.63) is 84.1 Å². The standard InChI is InChI=1S/C46H70N8O5/c1-32(36-19-11-9-12-20-36)49-42(55)29-38-23-17-27-53(38)35(4)40(52-45(58)34(3)48-6)25-15-7-8-16-26-41(51-44(57)31-47-5)46(59)54-28-18-24-39(54)30-43(56)50-33(2)37-21-13-10-14-22-37/h9-14,19-22,32-34,38-41,47-48H,4,7-8,15-18,23-31H2,1-3,5-6H3,(H,49,55)(H,50,56)(H,51,57)(H,52,58)/t32?,33?,34-,38?,39?,40?,41?/m0/s1. The smallest absolute Gasteiger partial charge is 0.245 e. The van der Waals surface area contributed by atoms with Gasteiger partial charge in [0.15, 0.2) is 0 Å². The number of amides is 5. The van der Waals surface area contributed by atoms with E-state index in [0.717, 1.165) is 74.7 Å². The van der Waals surface area contributed by atoms with Crippen LogP contribution in [0.4, 0.5) is 0 Å². The third kappa shape index (κ3) is 14.8. The highest BCUT2D eigenvalue weighted by Gasteiger charge is 2.35. The van der Waals surface area contributed by atoms with Gasteiger partial charge in [-0.3, -0.25) is 24.0 Å². The highest BCUT2D eigenvalue weighted by molar-refractivity contribution is 5.89. The summed E-state index contributed by atoms with van der Waals surface area (Å²) < 4.78 is 0. The van der Waals surface area contributed by atoms with Crippen LogP contribution in [0.1, 0.15) is 121 Å². The Morgan fingerprint density at radius 3 is 1.64 bits per heavy atom. The van der Waals surface area contributed by atoms with Crippen LogP contribution in [-0.4, -0.2) is 103 Å². The molecule has 0 saturated carbocycles. The number of rotatable bonds is 24. The molecule has 2 fully saturated rings. The van der Waals surface area contributed by atoms with Gasteiger partial charge < -0.3 is 41.7 Å². The second kappa shape index (κ2) is 24.4. The largest absolute Gasteiger partial charge is 0.370 e. The first-order chi connectivity index (χ1) is 28.4. The van der Waals surface area contributed by atoms with Crippen molar-refractivity contribution in [2.24, 2.45) is 0 Å². The Labute approximate surface area is 352 Å². The molecule has 2 saturated heterocycles. The van der Waals surface area contributed by atoms with Crippen LogP contribution in [-0.2, 0) is 24.0 Å². The molecule has 6 N–H and O–H groups in total. The highest BCUT2D eigenvalue weighted by Crippen LogP contribution is 2.28. The van der Waals surface area contributed by atoms with Crippen LogP contribution in [0.5, 0.6) is 0 Å². The molecular weight excluding hydrogens is 745 g/mol. The maximum Gasteiger partial charge on any atom is 0.245 e. The first kappa shape index (κ1) is 46.9. The molecule has 13 heteroatoms. The molecule has 5 amide bonds. The van der Waals surface area contributed by atoms with Gasteiger partial charge in [0.1, 0.15) is 6.04 Å². The fourth-order valence-electron chi connectivity index (χ4n) is 8.31.